The molecule has 8 nitrogen and oxygen atoms in total. The molecule has 3 aliphatic rings. The molecule has 39 heavy (non-hydrogen) atoms. The Hall–Kier alpha value is -3.36. The number of Topliss-reactive ketones (excluding diaryl/α,β-unsaturated/α-hetero) is 1. The van der Waals surface area contributed by atoms with E-state index in [1.165, 1.54) is 23.1 Å². The number of carbonyl (C=O) groups is 2. The van der Waals surface area contributed by atoms with Crippen LogP contribution in [-0.2, 0) is 20.8 Å². The molecule has 196 valence electrons. The summed E-state index contributed by atoms with van der Waals surface area (Å²) in [6.45, 7) is 1.79. The van der Waals surface area contributed by atoms with Crippen molar-refractivity contribution in [3.05, 3.63) is 85.8 Å². The number of amides is 1. The quantitative estimate of drug-likeness (QED) is 0.360. The molecule has 0 saturated carbocycles. The summed E-state index contributed by atoms with van der Waals surface area (Å²) in [5.74, 6) is -0.0365. The van der Waals surface area contributed by atoms with Gasteiger partial charge in [0.25, 0.3) is 0 Å². The molecule has 0 radical (unpaired) electrons. The zero-order chi connectivity index (χ0) is 27.5. The number of benzene rings is 2. The van der Waals surface area contributed by atoms with Crippen LogP contribution in [0, 0.1) is 18.3 Å². The van der Waals surface area contributed by atoms with E-state index in [1.807, 2.05) is 24.3 Å². The average molecular weight is 596 g/mol. The first kappa shape index (κ1) is 25.9. The number of hydrogen-bond acceptors (Lipinski definition) is 9. The van der Waals surface area contributed by atoms with E-state index in [9.17, 15) is 14.9 Å². The van der Waals surface area contributed by atoms with Gasteiger partial charge >= 0.3 is 0 Å². The molecule has 0 bridgehead atoms. The predicted molar refractivity (Wildman–Crippen MR) is 153 cm³/mol. The second kappa shape index (κ2) is 9.68. The monoisotopic (exact) mass is 594 g/mol. The maximum absolute atomic E-state index is 13.8. The molecule has 3 N–H and O–H groups in total. The zero-order valence-corrected chi connectivity index (χ0v) is 23.7. The third-order valence-corrected chi connectivity index (χ3v) is 10.2. The third kappa shape index (κ3) is 3.79. The van der Waals surface area contributed by atoms with Crippen molar-refractivity contribution in [1.29, 1.82) is 5.26 Å². The van der Waals surface area contributed by atoms with Gasteiger partial charge in [-0.3, -0.25) is 14.5 Å². The average Bonchev–Trinajstić information content (AvgIpc) is 3.49. The van der Waals surface area contributed by atoms with Crippen molar-refractivity contribution in [2.24, 2.45) is 5.73 Å². The summed E-state index contributed by atoms with van der Waals surface area (Å²) in [7, 11) is 0. The van der Waals surface area contributed by atoms with E-state index < -0.39 is 11.3 Å². The molecule has 0 saturated heterocycles. The standard InChI is InChI=1S/C27H20Cl2N6O2S2/c1-13-17(28)10-9-15-22(13)32-24(37)27(15)16(11-30)23(31)35(19-7-4-8-20(36)21(19)27)25-33-34-26(39-25)38-12-14-5-2-3-6-18(14)29/h2-3,5-6,9-10H,4,7-8,12,31H2,1H3,(H,32,37)/t27-/m1/s1. The highest BCUT2D eigenvalue weighted by Crippen LogP contribution is 2.56. The lowest BCUT2D eigenvalue weighted by Gasteiger charge is -2.42. The minimum absolute atomic E-state index is 0.0186. The molecule has 12 heteroatoms. The van der Waals surface area contributed by atoms with Crippen LogP contribution < -0.4 is 16.0 Å². The molecule has 0 fully saturated rings. The van der Waals surface area contributed by atoms with Crippen LogP contribution in [0.1, 0.15) is 36.0 Å². The first-order valence-corrected chi connectivity index (χ1v) is 14.6. The van der Waals surface area contributed by atoms with Crippen LogP contribution in [0.4, 0.5) is 10.8 Å². The smallest absolute Gasteiger partial charge is 0.245 e. The Morgan fingerprint density at radius 2 is 1.97 bits per heavy atom. The molecule has 2 aliphatic heterocycles. The summed E-state index contributed by atoms with van der Waals surface area (Å²) in [5.41, 5.74) is 8.49. The maximum atomic E-state index is 13.8. The summed E-state index contributed by atoms with van der Waals surface area (Å²) in [4.78, 5) is 29.1. The van der Waals surface area contributed by atoms with E-state index in [2.05, 4.69) is 21.6 Å². The van der Waals surface area contributed by atoms with Gasteiger partial charge < -0.3 is 11.1 Å². The summed E-state index contributed by atoms with van der Waals surface area (Å²) in [6.07, 6.45) is 1.33. The number of thioether (sulfide) groups is 1. The number of nitrogens with one attached hydrogen (secondary N) is 1. The normalized spacial score (nSPS) is 20.3. The number of hydrogen-bond donors (Lipinski definition) is 2. The van der Waals surface area contributed by atoms with E-state index in [0.717, 1.165) is 5.56 Å². The lowest BCUT2D eigenvalue weighted by Crippen LogP contribution is -2.50. The van der Waals surface area contributed by atoms with Crippen molar-refractivity contribution in [2.45, 2.75) is 41.7 Å². The van der Waals surface area contributed by atoms with Gasteiger partial charge in [-0.15, -0.1) is 10.2 Å². The minimum atomic E-state index is -1.65. The molecule has 3 aromatic rings. The largest absolute Gasteiger partial charge is 0.384 e. The molecule has 3 heterocycles. The number of allylic oxidation sites excluding steroid dienone is 1. The summed E-state index contributed by atoms with van der Waals surface area (Å²) in [6, 6.07) is 13.1. The SMILES string of the molecule is Cc1c(Cl)ccc2c1NC(=O)[C@@]21C(C#N)=C(N)N(c2nnc(SCc3ccccc3Cl)s2)C2=C1C(=O)CCC2. The molecular formula is C27H20Cl2N6O2S2. The fraction of sp³-hybridized carbons (Fsp3) is 0.222. The Labute approximate surface area is 242 Å². The van der Waals surface area contributed by atoms with Crippen LogP contribution in [0.2, 0.25) is 10.0 Å². The van der Waals surface area contributed by atoms with Gasteiger partial charge in [-0.05, 0) is 43.0 Å². The highest BCUT2D eigenvalue weighted by molar-refractivity contribution is 8.00. The number of nitriles is 1. The van der Waals surface area contributed by atoms with Gasteiger partial charge in [0.15, 0.2) is 10.1 Å². The molecular weight excluding hydrogens is 575 g/mol. The number of fused-ring (bicyclic) bond motifs is 3. The van der Waals surface area contributed by atoms with Crippen molar-refractivity contribution in [3.63, 3.8) is 0 Å². The number of rotatable bonds is 4. The number of nitrogens with zero attached hydrogens (tertiary/aromatic N) is 4. The van der Waals surface area contributed by atoms with Crippen molar-refractivity contribution >= 4 is 68.8 Å². The number of carbonyl (C=O) groups excluding carboxylic acids is 2. The van der Waals surface area contributed by atoms with E-state index in [4.69, 9.17) is 28.9 Å². The van der Waals surface area contributed by atoms with E-state index in [-0.39, 0.29) is 29.2 Å². The van der Waals surface area contributed by atoms with Crippen molar-refractivity contribution in [1.82, 2.24) is 10.2 Å². The van der Waals surface area contributed by atoms with Crippen LogP contribution in [0.15, 0.2) is 63.4 Å². The predicted octanol–water partition coefficient (Wildman–Crippen LogP) is 5.86. The molecule has 1 atom stereocenters. The van der Waals surface area contributed by atoms with E-state index in [1.54, 1.807) is 24.0 Å². The van der Waals surface area contributed by atoms with Crippen LogP contribution in [-0.4, -0.2) is 21.9 Å². The number of aromatic nitrogens is 2. The first-order chi connectivity index (χ1) is 18.8. The van der Waals surface area contributed by atoms with Crippen LogP contribution in [0.25, 0.3) is 0 Å². The molecule has 2 aromatic carbocycles. The first-order valence-electron chi connectivity index (χ1n) is 12.1. The number of ketones is 1. The van der Waals surface area contributed by atoms with E-state index >= 15 is 0 Å². The van der Waals surface area contributed by atoms with Gasteiger partial charge in [-0.2, -0.15) is 5.26 Å². The van der Waals surface area contributed by atoms with Gasteiger partial charge in [0.05, 0.1) is 11.3 Å². The Morgan fingerprint density at radius 3 is 2.74 bits per heavy atom. The summed E-state index contributed by atoms with van der Waals surface area (Å²) >= 11 is 15.4. The maximum Gasteiger partial charge on any atom is 0.245 e. The fourth-order valence-corrected chi connectivity index (χ4v) is 7.83. The van der Waals surface area contributed by atoms with Gasteiger partial charge in [0.1, 0.15) is 17.3 Å². The van der Waals surface area contributed by atoms with E-state index in [0.29, 0.717) is 60.6 Å². The van der Waals surface area contributed by atoms with Gasteiger partial charge in [-0.25, -0.2) is 0 Å². The Kier molecular flexibility index (Phi) is 6.43. The van der Waals surface area contributed by atoms with Crippen LogP contribution >= 0.6 is 46.3 Å². The van der Waals surface area contributed by atoms with Crippen molar-refractivity contribution < 1.29 is 9.59 Å². The summed E-state index contributed by atoms with van der Waals surface area (Å²) < 4.78 is 0.676. The molecule has 0 unspecified atom stereocenters. The Bertz CT molecular complexity index is 1690. The highest BCUT2D eigenvalue weighted by atomic mass is 35.5. The third-order valence-electron chi connectivity index (χ3n) is 7.29. The molecule has 1 aliphatic carbocycles. The van der Waals surface area contributed by atoms with Gasteiger partial charge in [0.2, 0.25) is 11.0 Å². The topological polar surface area (TPSA) is 125 Å². The molecule has 1 aromatic heterocycles. The molecule has 1 spiro atoms. The number of halogens is 2. The lowest BCUT2D eigenvalue weighted by molar-refractivity contribution is -0.122. The highest BCUT2D eigenvalue weighted by Gasteiger charge is 2.60. The summed E-state index contributed by atoms with van der Waals surface area (Å²) in [5, 5.41) is 23.6. The minimum Gasteiger partial charge on any atom is -0.384 e. The lowest BCUT2D eigenvalue weighted by atomic mass is 9.64. The Morgan fingerprint density at radius 1 is 1.18 bits per heavy atom. The van der Waals surface area contributed by atoms with Crippen molar-refractivity contribution in [2.75, 3.05) is 10.2 Å². The molecule has 1 amide bonds. The van der Waals surface area contributed by atoms with Gasteiger partial charge in [-0.1, -0.05) is 70.6 Å². The number of anilines is 2. The molecule has 6 rings (SSSR count). The van der Waals surface area contributed by atoms with Gasteiger partial charge in [0, 0.05) is 39.1 Å². The van der Waals surface area contributed by atoms with Crippen LogP contribution in [0.5, 0.6) is 0 Å². The fourth-order valence-electron chi connectivity index (χ4n) is 5.50. The van der Waals surface area contributed by atoms with Crippen molar-refractivity contribution in [3.8, 4) is 6.07 Å². The Balaban J connectivity index is 1.48. The van der Waals surface area contributed by atoms with Crippen LogP contribution in [0.3, 0.4) is 0 Å². The zero-order valence-electron chi connectivity index (χ0n) is 20.5. The second-order valence-electron chi connectivity index (χ2n) is 9.34. The second-order valence-corrected chi connectivity index (χ2v) is 12.3. The number of nitrogens with two attached hydrogens (primary N) is 1.